The Labute approximate surface area is 135 Å². The van der Waals surface area contributed by atoms with E-state index in [-0.39, 0.29) is 0 Å². The maximum absolute atomic E-state index is 6.01. The van der Waals surface area contributed by atoms with Gasteiger partial charge < -0.3 is 9.30 Å². The molecule has 108 valence electrons. The van der Waals surface area contributed by atoms with Crippen LogP contribution in [-0.2, 0) is 12.4 Å². The number of hydrogen-bond donors (Lipinski definition) is 0. The van der Waals surface area contributed by atoms with Crippen molar-refractivity contribution >= 4 is 38.7 Å². The number of aromatic nitrogens is 4. The number of nitrogens with zero attached hydrogens (tertiary/aromatic N) is 4. The van der Waals surface area contributed by atoms with Crippen molar-refractivity contribution in [3.8, 4) is 5.88 Å². The Morgan fingerprint density at radius 3 is 2.67 bits per heavy atom. The maximum atomic E-state index is 6.01. The van der Waals surface area contributed by atoms with Crippen LogP contribution in [0.25, 0.3) is 11.2 Å². The third kappa shape index (κ3) is 2.73. The van der Waals surface area contributed by atoms with Gasteiger partial charge in [-0.15, -0.1) is 11.6 Å². The van der Waals surface area contributed by atoms with Crippen LogP contribution in [0.3, 0.4) is 0 Å². The number of rotatable bonds is 4. The largest absolute Gasteiger partial charge is 0.479 e. The molecule has 3 aromatic rings. The van der Waals surface area contributed by atoms with Crippen molar-refractivity contribution < 1.29 is 4.74 Å². The van der Waals surface area contributed by atoms with E-state index >= 15 is 0 Å². The van der Waals surface area contributed by atoms with Gasteiger partial charge in [-0.3, -0.25) is 0 Å². The molecule has 7 heteroatoms. The molecule has 0 saturated heterocycles. The van der Waals surface area contributed by atoms with Crippen LogP contribution in [-0.4, -0.2) is 26.6 Å². The molecule has 0 aliphatic rings. The lowest BCUT2D eigenvalue weighted by Crippen LogP contribution is -2.04. The minimum atomic E-state index is 0.302. The van der Waals surface area contributed by atoms with Gasteiger partial charge in [0.05, 0.1) is 19.5 Å². The summed E-state index contributed by atoms with van der Waals surface area (Å²) < 4.78 is 8.26. The first-order valence-corrected chi connectivity index (χ1v) is 7.60. The average Bonchev–Trinajstić information content (AvgIpc) is 2.87. The number of fused-ring (bicyclic) bond motifs is 1. The van der Waals surface area contributed by atoms with Gasteiger partial charge in [0.15, 0.2) is 11.2 Å². The molecule has 0 N–H and O–H groups in total. The van der Waals surface area contributed by atoms with E-state index in [2.05, 4.69) is 30.9 Å². The second-order valence-electron chi connectivity index (χ2n) is 4.43. The minimum Gasteiger partial charge on any atom is -0.479 e. The summed E-state index contributed by atoms with van der Waals surface area (Å²) in [5, 5.41) is 0. The van der Waals surface area contributed by atoms with Crippen LogP contribution in [0, 0.1) is 0 Å². The highest BCUT2D eigenvalue weighted by atomic mass is 79.9. The van der Waals surface area contributed by atoms with E-state index in [1.165, 1.54) is 6.33 Å². The van der Waals surface area contributed by atoms with E-state index < -0.39 is 0 Å². The SMILES string of the molecule is COc1ncnc2c1nc(CCl)n2Cc1ccc(Br)cc1. The predicted octanol–water partition coefficient (Wildman–Crippen LogP) is 3.38. The molecule has 0 fully saturated rings. The lowest BCUT2D eigenvalue weighted by atomic mass is 10.2. The molecule has 0 spiro atoms. The van der Waals surface area contributed by atoms with Crippen LogP contribution >= 0.6 is 27.5 Å². The molecule has 21 heavy (non-hydrogen) atoms. The van der Waals surface area contributed by atoms with Crippen LogP contribution in [0.2, 0.25) is 0 Å². The molecule has 1 aromatic carbocycles. The van der Waals surface area contributed by atoms with Crippen molar-refractivity contribution in [1.82, 2.24) is 19.5 Å². The quantitative estimate of drug-likeness (QED) is 0.663. The first-order valence-electron chi connectivity index (χ1n) is 6.27. The van der Waals surface area contributed by atoms with Gasteiger partial charge in [0.1, 0.15) is 12.2 Å². The lowest BCUT2D eigenvalue weighted by Gasteiger charge is -2.07. The van der Waals surface area contributed by atoms with Crippen LogP contribution in [0.1, 0.15) is 11.4 Å². The zero-order valence-corrected chi connectivity index (χ0v) is 13.6. The first kappa shape index (κ1) is 14.3. The molecule has 0 aliphatic heterocycles. The summed E-state index contributed by atoms with van der Waals surface area (Å²) in [5.41, 5.74) is 2.50. The number of benzene rings is 1. The van der Waals surface area contributed by atoms with Crippen molar-refractivity contribution in [1.29, 1.82) is 0 Å². The van der Waals surface area contributed by atoms with Gasteiger partial charge in [0, 0.05) is 4.47 Å². The van der Waals surface area contributed by atoms with Gasteiger partial charge in [-0.05, 0) is 17.7 Å². The van der Waals surface area contributed by atoms with E-state index in [0.29, 0.717) is 23.8 Å². The maximum Gasteiger partial charge on any atom is 0.245 e. The van der Waals surface area contributed by atoms with E-state index in [1.807, 2.05) is 28.8 Å². The molecule has 2 aromatic heterocycles. The number of imidazole rings is 1. The molecule has 0 amide bonds. The van der Waals surface area contributed by atoms with Crippen molar-refractivity contribution in [3.05, 3.63) is 46.5 Å². The second-order valence-corrected chi connectivity index (χ2v) is 5.61. The first-order chi connectivity index (χ1) is 10.2. The smallest absolute Gasteiger partial charge is 0.245 e. The highest BCUT2D eigenvalue weighted by Gasteiger charge is 2.15. The number of hydrogen-bond acceptors (Lipinski definition) is 4. The molecule has 0 aliphatic carbocycles. The van der Waals surface area contributed by atoms with Gasteiger partial charge in [-0.2, -0.15) is 4.98 Å². The summed E-state index contributed by atoms with van der Waals surface area (Å²) >= 11 is 9.44. The van der Waals surface area contributed by atoms with Crippen molar-refractivity contribution in [2.24, 2.45) is 0 Å². The Kier molecular flexibility index (Phi) is 4.07. The Morgan fingerprint density at radius 2 is 2.00 bits per heavy atom. The molecular formula is C14H12BrClN4O. The Morgan fingerprint density at radius 1 is 1.24 bits per heavy atom. The van der Waals surface area contributed by atoms with Gasteiger partial charge in [0.25, 0.3) is 0 Å². The molecule has 0 atom stereocenters. The number of halogens is 2. The van der Waals surface area contributed by atoms with Crippen LogP contribution in [0.15, 0.2) is 35.1 Å². The van der Waals surface area contributed by atoms with Gasteiger partial charge in [0.2, 0.25) is 5.88 Å². The van der Waals surface area contributed by atoms with Gasteiger partial charge in [-0.1, -0.05) is 28.1 Å². The number of alkyl halides is 1. The second kappa shape index (κ2) is 5.99. The highest BCUT2D eigenvalue weighted by molar-refractivity contribution is 9.10. The Balaban J connectivity index is 2.10. The van der Waals surface area contributed by atoms with Crippen molar-refractivity contribution in [2.75, 3.05) is 7.11 Å². The standard InChI is InChI=1S/C14H12BrClN4O/c1-21-14-12-13(17-8-18-14)20(11(6-16)19-12)7-9-2-4-10(15)5-3-9/h2-5,8H,6-7H2,1H3. The summed E-state index contributed by atoms with van der Waals surface area (Å²) in [4.78, 5) is 12.9. The fourth-order valence-electron chi connectivity index (χ4n) is 2.15. The number of ether oxygens (including phenoxy) is 1. The van der Waals surface area contributed by atoms with Gasteiger partial charge >= 0.3 is 0 Å². The minimum absolute atomic E-state index is 0.302. The van der Waals surface area contributed by atoms with Crippen LogP contribution in [0.5, 0.6) is 5.88 Å². The molecule has 3 rings (SSSR count). The molecule has 0 radical (unpaired) electrons. The van der Waals surface area contributed by atoms with Crippen molar-refractivity contribution in [3.63, 3.8) is 0 Å². The van der Waals surface area contributed by atoms with Crippen LogP contribution < -0.4 is 4.74 Å². The topological polar surface area (TPSA) is 52.8 Å². The zero-order chi connectivity index (χ0) is 14.8. The lowest BCUT2D eigenvalue weighted by molar-refractivity contribution is 0.401. The third-order valence-corrected chi connectivity index (χ3v) is 3.91. The van der Waals surface area contributed by atoms with Crippen LogP contribution in [0.4, 0.5) is 0 Å². The van der Waals surface area contributed by atoms with Crippen molar-refractivity contribution in [2.45, 2.75) is 12.4 Å². The highest BCUT2D eigenvalue weighted by Crippen LogP contribution is 2.23. The van der Waals surface area contributed by atoms with E-state index in [1.54, 1.807) is 7.11 Å². The van der Waals surface area contributed by atoms with E-state index in [0.717, 1.165) is 21.5 Å². The monoisotopic (exact) mass is 366 g/mol. The average molecular weight is 368 g/mol. The molecule has 0 unspecified atom stereocenters. The molecular weight excluding hydrogens is 356 g/mol. The molecule has 0 saturated carbocycles. The zero-order valence-electron chi connectivity index (χ0n) is 11.3. The third-order valence-electron chi connectivity index (χ3n) is 3.14. The Bertz CT molecular complexity index is 772. The molecule has 5 nitrogen and oxygen atoms in total. The molecule has 0 bridgehead atoms. The summed E-state index contributed by atoms with van der Waals surface area (Å²) in [6.07, 6.45) is 1.47. The fourth-order valence-corrected chi connectivity index (χ4v) is 2.62. The molecule has 2 heterocycles. The summed E-state index contributed by atoms with van der Waals surface area (Å²) in [6.45, 7) is 0.645. The number of methoxy groups -OCH3 is 1. The summed E-state index contributed by atoms with van der Waals surface area (Å²) in [6, 6.07) is 8.10. The predicted molar refractivity (Wildman–Crippen MR) is 84.7 cm³/mol. The summed E-state index contributed by atoms with van der Waals surface area (Å²) in [7, 11) is 1.57. The van der Waals surface area contributed by atoms with E-state index in [9.17, 15) is 0 Å². The summed E-state index contributed by atoms with van der Waals surface area (Å²) in [5.74, 6) is 1.50. The Hall–Kier alpha value is -1.66. The van der Waals surface area contributed by atoms with E-state index in [4.69, 9.17) is 16.3 Å². The van der Waals surface area contributed by atoms with Gasteiger partial charge in [-0.25, -0.2) is 9.97 Å². The fraction of sp³-hybridized carbons (Fsp3) is 0.214. The normalized spacial score (nSPS) is 11.0.